The number of hydrogen-bond donors (Lipinski definition) is 0. The van der Waals surface area contributed by atoms with Crippen LogP contribution in [-0.2, 0) is 6.42 Å². The Labute approximate surface area is 200 Å². The molecule has 34 heavy (non-hydrogen) atoms. The lowest BCUT2D eigenvalue weighted by Gasteiger charge is -2.17. The number of ketones is 1. The number of benzene rings is 3. The fourth-order valence-electron chi connectivity index (χ4n) is 3.69. The van der Waals surface area contributed by atoms with Gasteiger partial charge in [0, 0.05) is 12.0 Å². The fraction of sp³-hybridized carbons (Fsp3) is 0.111. The summed E-state index contributed by atoms with van der Waals surface area (Å²) >= 11 is 0. The number of rotatable bonds is 5. The third kappa shape index (κ3) is 6.81. The van der Waals surface area contributed by atoms with Gasteiger partial charge in [-0.3, -0.25) is 4.79 Å². The molecule has 7 heteroatoms. The van der Waals surface area contributed by atoms with Gasteiger partial charge in [-0.15, -0.1) is 10.2 Å². The first-order chi connectivity index (χ1) is 16.1. The van der Waals surface area contributed by atoms with E-state index in [-0.39, 0.29) is 5.78 Å². The van der Waals surface area contributed by atoms with Crippen molar-refractivity contribution in [2.75, 3.05) is 0 Å². The van der Waals surface area contributed by atoms with Crippen molar-refractivity contribution in [3.05, 3.63) is 113 Å². The lowest BCUT2D eigenvalue weighted by atomic mass is 9.92. The van der Waals surface area contributed by atoms with Crippen molar-refractivity contribution >= 4 is 5.78 Å². The number of Topliss-reactive ketones (excluding diaryl/α,β-unsaturated/α-hetero) is 1. The second-order valence-corrected chi connectivity index (χ2v) is 8.32. The Hall–Kier alpha value is -3.39. The Morgan fingerprint density at radius 2 is 1.03 bits per heavy atom. The highest BCUT2D eigenvalue weighted by Gasteiger charge is 2.29. The molecule has 0 spiro atoms. The van der Waals surface area contributed by atoms with Crippen LogP contribution in [0, 0.1) is 24.1 Å². The second kappa shape index (κ2) is 11.2. The van der Waals surface area contributed by atoms with Gasteiger partial charge in [-0.25, -0.2) is 23.1 Å². The standard InChI is InChI=1S/C27H23O2.ClHO4/c1-19-24(18-25(28)21-12-6-3-7-13-21)20(2)27(23-16-10-5-11-17-23)29-26(19)22-14-8-4-9-15-22;2-1(3,4)5/h3-17H,18H2,1-2H3;(H,2,3,4,5)/q+1;/p-1. The molecule has 0 saturated carbocycles. The predicted octanol–water partition coefficient (Wildman–Crippen LogP) is 2.18. The van der Waals surface area contributed by atoms with Gasteiger partial charge in [-0.05, 0) is 43.7 Å². The van der Waals surface area contributed by atoms with Crippen LogP contribution in [0.1, 0.15) is 27.0 Å². The molecular weight excluding hydrogens is 456 g/mol. The van der Waals surface area contributed by atoms with E-state index in [1.165, 1.54) is 0 Å². The molecule has 6 nitrogen and oxygen atoms in total. The van der Waals surface area contributed by atoms with E-state index in [0.29, 0.717) is 6.42 Å². The molecule has 0 amide bonds. The van der Waals surface area contributed by atoms with Crippen molar-refractivity contribution in [2.24, 2.45) is 0 Å². The minimum absolute atomic E-state index is 0.112. The van der Waals surface area contributed by atoms with Crippen LogP contribution in [0.2, 0.25) is 0 Å². The maximum Gasteiger partial charge on any atom is 0.363 e. The molecule has 0 radical (unpaired) electrons. The Morgan fingerprint density at radius 3 is 1.41 bits per heavy atom. The van der Waals surface area contributed by atoms with Gasteiger partial charge in [0.05, 0.1) is 22.3 Å². The van der Waals surface area contributed by atoms with E-state index < -0.39 is 10.2 Å². The van der Waals surface area contributed by atoms with E-state index in [4.69, 9.17) is 23.1 Å². The minimum Gasteiger partial charge on any atom is -0.294 e. The average Bonchev–Trinajstić information content (AvgIpc) is 2.82. The molecule has 0 aliphatic carbocycles. The van der Waals surface area contributed by atoms with Crippen molar-refractivity contribution in [3.8, 4) is 22.6 Å². The maximum atomic E-state index is 13.0. The van der Waals surface area contributed by atoms with E-state index in [0.717, 1.165) is 44.9 Å². The molecule has 0 aliphatic heterocycles. The first kappa shape index (κ1) is 25.2. The van der Waals surface area contributed by atoms with E-state index in [1.54, 1.807) is 0 Å². The Kier molecular flexibility index (Phi) is 8.28. The van der Waals surface area contributed by atoms with Gasteiger partial charge >= 0.3 is 11.5 Å². The zero-order chi connectivity index (χ0) is 24.7. The van der Waals surface area contributed by atoms with Gasteiger partial charge < -0.3 is 0 Å². The molecule has 0 unspecified atom stereocenters. The fourth-order valence-corrected chi connectivity index (χ4v) is 3.69. The molecule has 0 N–H and O–H groups in total. The highest BCUT2D eigenvalue weighted by atomic mass is 35.7. The van der Waals surface area contributed by atoms with Crippen LogP contribution in [0.15, 0.2) is 95.4 Å². The van der Waals surface area contributed by atoms with Gasteiger partial charge in [0.15, 0.2) is 5.78 Å². The van der Waals surface area contributed by atoms with E-state index >= 15 is 0 Å². The number of carbonyl (C=O) groups is 1. The van der Waals surface area contributed by atoms with E-state index in [1.807, 2.05) is 105 Å². The van der Waals surface area contributed by atoms with E-state index in [9.17, 15) is 4.79 Å². The summed E-state index contributed by atoms with van der Waals surface area (Å²) in [5.41, 5.74) is 5.80. The molecule has 174 valence electrons. The van der Waals surface area contributed by atoms with E-state index in [2.05, 4.69) is 0 Å². The third-order valence-electron chi connectivity index (χ3n) is 5.30. The van der Waals surface area contributed by atoms with Crippen molar-refractivity contribution in [2.45, 2.75) is 20.3 Å². The van der Waals surface area contributed by atoms with Crippen molar-refractivity contribution < 1.29 is 38.1 Å². The first-order valence-corrected chi connectivity index (χ1v) is 11.7. The smallest absolute Gasteiger partial charge is 0.294 e. The first-order valence-electron chi connectivity index (χ1n) is 10.4. The molecule has 1 aromatic heterocycles. The molecule has 0 fully saturated rings. The van der Waals surface area contributed by atoms with Gasteiger partial charge in [0.25, 0.3) is 0 Å². The highest BCUT2D eigenvalue weighted by Crippen LogP contribution is 2.36. The maximum absolute atomic E-state index is 13.0. The molecule has 0 atom stereocenters. The summed E-state index contributed by atoms with van der Waals surface area (Å²) in [7, 11) is -4.94. The molecule has 0 aliphatic rings. The summed E-state index contributed by atoms with van der Waals surface area (Å²) in [5, 5.41) is 0. The summed E-state index contributed by atoms with van der Waals surface area (Å²) in [5.74, 6) is 1.73. The van der Waals surface area contributed by atoms with Gasteiger partial charge in [0.1, 0.15) is 0 Å². The predicted molar refractivity (Wildman–Crippen MR) is 118 cm³/mol. The van der Waals surface area contributed by atoms with Crippen LogP contribution in [0.5, 0.6) is 0 Å². The topological polar surface area (TPSA) is 121 Å². The second-order valence-electron chi connectivity index (χ2n) is 7.56. The van der Waals surface area contributed by atoms with Crippen LogP contribution < -0.4 is 18.6 Å². The SMILES string of the molecule is Cc1c(-c2ccccc2)[o+]c(-c2ccccc2)c(C)c1CC(=O)c1ccccc1.[O-][Cl+3]([O-])([O-])[O-]. The molecule has 4 rings (SSSR count). The number of halogens is 1. The number of carbonyl (C=O) groups excluding carboxylic acids is 1. The summed E-state index contributed by atoms with van der Waals surface area (Å²) < 4.78 is 40.4. The molecular formula is C27H23ClO6. The highest BCUT2D eigenvalue weighted by molar-refractivity contribution is 5.98. The summed E-state index contributed by atoms with van der Waals surface area (Å²) in [6.07, 6.45) is 0.345. The largest absolute Gasteiger partial charge is 0.363 e. The zero-order valence-corrected chi connectivity index (χ0v) is 19.5. The quantitative estimate of drug-likeness (QED) is 0.320. The monoisotopic (exact) mass is 478 g/mol. The van der Waals surface area contributed by atoms with Crippen molar-refractivity contribution in [1.82, 2.24) is 0 Å². The normalized spacial score (nSPS) is 10.9. The molecule has 1 heterocycles. The summed E-state index contributed by atoms with van der Waals surface area (Å²) in [6.45, 7) is 4.09. The molecule has 4 aromatic rings. The van der Waals surface area contributed by atoms with Crippen molar-refractivity contribution in [3.63, 3.8) is 0 Å². The van der Waals surface area contributed by atoms with Crippen LogP contribution in [-0.4, -0.2) is 5.78 Å². The van der Waals surface area contributed by atoms with Gasteiger partial charge in [-0.1, -0.05) is 66.7 Å². The molecule has 0 saturated heterocycles. The van der Waals surface area contributed by atoms with Gasteiger partial charge in [-0.2, -0.15) is 0 Å². The van der Waals surface area contributed by atoms with Crippen LogP contribution in [0.25, 0.3) is 22.6 Å². The Balaban J connectivity index is 0.000000588. The number of hydrogen-bond acceptors (Lipinski definition) is 5. The zero-order valence-electron chi connectivity index (χ0n) is 18.7. The Morgan fingerprint density at radius 1 is 0.676 bits per heavy atom. The Bertz CT molecular complexity index is 1170. The lowest BCUT2D eigenvalue weighted by molar-refractivity contribution is -2.00. The van der Waals surface area contributed by atoms with Crippen LogP contribution >= 0.6 is 0 Å². The van der Waals surface area contributed by atoms with Crippen LogP contribution in [0.3, 0.4) is 0 Å². The van der Waals surface area contributed by atoms with Crippen LogP contribution in [0.4, 0.5) is 0 Å². The summed E-state index contributed by atoms with van der Waals surface area (Å²) in [4.78, 5) is 13.0. The third-order valence-corrected chi connectivity index (χ3v) is 5.30. The van der Waals surface area contributed by atoms with Gasteiger partial charge in [0.2, 0.25) is 0 Å². The van der Waals surface area contributed by atoms with Crippen molar-refractivity contribution in [1.29, 1.82) is 0 Å². The molecule has 0 bridgehead atoms. The molecule has 3 aromatic carbocycles. The lowest BCUT2D eigenvalue weighted by Crippen LogP contribution is -2.68. The summed E-state index contributed by atoms with van der Waals surface area (Å²) in [6, 6.07) is 29.6. The minimum atomic E-state index is -4.94. The average molecular weight is 479 g/mol.